The van der Waals surface area contributed by atoms with Crippen molar-refractivity contribution in [3.8, 4) is 0 Å². The van der Waals surface area contributed by atoms with E-state index in [9.17, 15) is 9.59 Å². The van der Waals surface area contributed by atoms with Gasteiger partial charge in [0.1, 0.15) is 11.0 Å². The van der Waals surface area contributed by atoms with Crippen molar-refractivity contribution >= 4 is 41.0 Å². The zero-order chi connectivity index (χ0) is 22.9. The third-order valence-corrected chi connectivity index (χ3v) is 7.07. The molecule has 1 aromatic rings. The van der Waals surface area contributed by atoms with E-state index in [1.807, 2.05) is 4.90 Å². The maximum absolute atomic E-state index is 13.0. The molecule has 2 heterocycles. The van der Waals surface area contributed by atoms with Gasteiger partial charge in [0.2, 0.25) is 11.8 Å². The molecule has 8 nitrogen and oxygen atoms in total. The Bertz CT molecular complexity index is 778. The number of aromatic nitrogens is 2. The molecule has 1 saturated heterocycles. The van der Waals surface area contributed by atoms with E-state index in [0.29, 0.717) is 49.0 Å². The van der Waals surface area contributed by atoms with Crippen LogP contribution in [0.1, 0.15) is 45.4 Å². The van der Waals surface area contributed by atoms with Crippen LogP contribution in [-0.2, 0) is 14.3 Å². The van der Waals surface area contributed by atoms with Crippen LogP contribution in [0.2, 0.25) is 5.15 Å². The maximum atomic E-state index is 13.0. The maximum Gasteiger partial charge on any atom is 0.230 e. The van der Waals surface area contributed by atoms with E-state index in [1.54, 1.807) is 13.2 Å². The molecular weight excluding hydrogens is 450 g/mol. The van der Waals surface area contributed by atoms with Crippen molar-refractivity contribution in [2.45, 2.75) is 56.6 Å². The van der Waals surface area contributed by atoms with Crippen LogP contribution in [0.4, 0.5) is 5.82 Å². The van der Waals surface area contributed by atoms with Crippen LogP contribution in [-0.4, -0.2) is 78.4 Å². The first-order chi connectivity index (χ1) is 15.5. The summed E-state index contributed by atoms with van der Waals surface area (Å²) in [5.41, 5.74) is 0. The third-order valence-electron chi connectivity index (χ3n) is 6.03. The monoisotopic (exact) mass is 483 g/mol. The normalized spacial score (nSPS) is 19.8. The van der Waals surface area contributed by atoms with Gasteiger partial charge in [-0.2, -0.15) is 0 Å². The van der Waals surface area contributed by atoms with Gasteiger partial charge in [0.15, 0.2) is 5.16 Å². The molecule has 1 atom stereocenters. The van der Waals surface area contributed by atoms with Crippen LogP contribution < -0.4 is 10.2 Å². The molecule has 1 unspecified atom stereocenters. The van der Waals surface area contributed by atoms with Crippen molar-refractivity contribution in [3.05, 3.63) is 11.2 Å². The Balaban J connectivity index is 1.54. The van der Waals surface area contributed by atoms with Gasteiger partial charge in [-0.05, 0) is 26.2 Å². The summed E-state index contributed by atoms with van der Waals surface area (Å²) in [6.45, 7) is 5.39. The van der Waals surface area contributed by atoms with Crippen LogP contribution >= 0.6 is 23.4 Å². The quantitative estimate of drug-likeness (QED) is 0.250. The van der Waals surface area contributed by atoms with Gasteiger partial charge in [-0.3, -0.25) is 9.59 Å². The predicted octanol–water partition coefficient (Wildman–Crippen LogP) is 2.99. The number of carbonyl (C=O) groups is 2. The molecule has 0 spiro atoms. The summed E-state index contributed by atoms with van der Waals surface area (Å²) in [6, 6.07) is 1.86. The molecule has 2 fully saturated rings. The smallest absolute Gasteiger partial charge is 0.230 e. The standard InChI is InChI=1S/C22H34ClN5O3S/c1-16-14-27(10-11-28(16)21(30)17-7-4-3-5-8-17)19-13-18(23)25-22(26-19)32-15-20(29)24-9-6-12-31-2/h13,16-17H,3-12,14-15H2,1-2H3,(H,24,29). The largest absolute Gasteiger partial charge is 0.385 e. The van der Waals surface area contributed by atoms with Crippen molar-refractivity contribution in [1.29, 1.82) is 0 Å². The van der Waals surface area contributed by atoms with Crippen molar-refractivity contribution in [2.24, 2.45) is 5.92 Å². The predicted molar refractivity (Wildman–Crippen MR) is 127 cm³/mol. The highest BCUT2D eigenvalue weighted by atomic mass is 35.5. The number of nitrogens with zero attached hydrogens (tertiary/aromatic N) is 4. The fourth-order valence-corrected chi connectivity index (χ4v) is 5.23. The first kappa shape index (κ1) is 25.1. The van der Waals surface area contributed by atoms with Crippen LogP contribution in [0, 0.1) is 5.92 Å². The Morgan fingerprint density at radius 2 is 2.03 bits per heavy atom. The number of piperazine rings is 1. The molecule has 1 aliphatic heterocycles. The number of nitrogens with one attached hydrogen (secondary N) is 1. The van der Waals surface area contributed by atoms with E-state index in [0.717, 1.165) is 37.9 Å². The number of amides is 2. The van der Waals surface area contributed by atoms with Gasteiger partial charge in [-0.1, -0.05) is 42.6 Å². The zero-order valence-corrected chi connectivity index (χ0v) is 20.6. The topological polar surface area (TPSA) is 87.7 Å². The molecule has 178 valence electrons. The summed E-state index contributed by atoms with van der Waals surface area (Å²) in [7, 11) is 1.64. The SMILES string of the molecule is COCCCNC(=O)CSc1nc(Cl)cc(N2CCN(C(=O)C3CCCCC3)C(C)C2)n1. The molecule has 2 amide bonds. The van der Waals surface area contributed by atoms with Gasteiger partial charge in [-0.25, -0.2) is 9.97 Å². The number of thioether (sulfide) groups is 1. The summed E-state index contributed by atoms with van der Waals surface area (Å²) in [6.07, 6.45) is 6.39. The average Bonchev–Trinajstić information content (AvgIpc) is 2.80. The van der Waals surface area contributed by atoms with E-state index in [1.165, 1.54) is 18.2 Å². The van der Waals surface area contributed by atoms with Gasteiger partial charge in [0, 0.05) is 57.9 Å². The number of halogens is 1. The zero-order valence-electron chi connectivity index (χ0n) is 19.0. The molecule has 1 aliphatic carbocycles. The van der Waals surface area contributed by atoms with Crippen molar-refractivity contribution in [3.63, 3.8) is 0 Å². The molecule has 1 aromatic heterocycles. The summed E-state index contributed by atoms with van der Waals surface area (Å²) >= 11 is 7.52. The summed E-state index contributed by atoms with van der Waals surface area (Å²) < 4.78 is 4.98. The number of hydrogen-bond donors (Lipinski definition) is 1. The van der Waals surface area contributed by atoms with E-state index in [2.05, 4.69) is 27.1 Å². The molecule has 32 heavy (non-hydrogen) atoms. The lowest BCUT2D eigenvalue weighted by Crippen LogP contribution is -2.55. The summed E-state index contributed by atoms with van der Waals surface area (Å²) in [5, 5.41) is 3.68. The number of carbonyl (C=O) groups excluding carboxylic acids is 2. The second-order valence-electron chi connectivity index (χ2n) is 8.48. The number of methoxy groups -OCH3 is 1. The number of rotatable bonds is 9. The van der Waals surface area contributed by atoms with Gasteiger partial charge < -0.3 is 19.9 Å². The fraction of sp³-hybridized carbons (Fsp3) is 0.727. The highest BCUT2D eigenvalue weighted by molar-refractivity contribution is 7.99. The first-order valence-corrected chi connectivity index (χ1v) is 12.8. The molecule has 2 aliphatic rings. The Labute approximate surface area is 199 Å². The minimum Gasteiger partial charge on any atom is -0.385 e. The van der Waals surface area contributed by atoms with Crippen LogP contribution in [0.5, 0.6) is 0 Å². The molecule has 0 bridgehead atoms. The molecule has 0 aromatic carbocycles. The third kappa shape index (κ3) is 7.22. The van der Waals surface area contributed by atoms with Crippen molar-refractivity contribution < 1.29 is 14.3 Å². The fourth-order valence-electron chi connectivity index (χ4n) is 4.31. The highest BCUT2D eigenvalue weighted by Crippen LogP contribution is 2.28. The highest BCUT2D eigenvalue weighted by Gasteiger charge is 2.33. The second kappa shape index (κ2) is 12.6. The molecular formula is C22H34ClN5O3S. The van der Waals surface area contributed by atoms with Crippen molar-refractivity contribution in [1.82, 2.24) is 20.2 Å². The van der Waals surface area contributed by atoms with Crippen LogP contribution in [0.25, 0.3) is 0 Å². The molecule has 3 rings (SSSR count). The van der Waals surface area contributed by atoms with Gasteiger partial charge in [0.05, 0.1) is 5.75 Å². The Hall–Kier alpha value is -1.58. The van der Waals surface area contributed by atoms with Crippen LogP contribution in [0.3, 0.4) is 0 Å². The number of anilines is 1. The van der Waals surface area contributed by atoms with Gasteiger partial charge in [0.25, 0.3) is 0 Å². The van der Waals surface area contributed by atoms with Gasteiger partial charge in [-0.15, -0.1) is 0 Å². The lowest BCUT2D eigenvalue weighted by molar-refractivity contribution is -0.139. The number of ether oxygens (including phenoxy) is 1. The number of hydrogen-bond acceptors (Lipinski definition) is 7. The first-order valence-electron chi connectivity index (χ1n) is 11.5. The van der Waals surface area contributed by atoms with Crippen LogP contribution in [0.15, 0.2) is 11.2 Å². The average molecular weight is 484 g/mol. The molecule has 10 heteroatoms. The summed E-state index contributed by atoms with van der Waals surface area (Å²) in [5.74, 6) is 1.40. The molecule has 1 N–H and O–H groups in total. The minimum atomic E-state index is -0.0697. The van der Waals surface area contributed by atoms with Gasteiger partial charge >= 0.3 is 0 Å². The molecule has 0 radical (unpaired) electrons. The van der Waals surface area contributed by atoms with E-state index in [4.69, 9.17) is 16.3 Å². The Kier molecular flexibility index (Phi) is 9.87. The minimum absolute atomic E-state index is 0.0697. The van der Waals surface area contributed by atoms with Crippen molar-refractivity contribution in [2.75, 3.05) is 50.5 Å². The Morgan fingerprint density at radius 1 is 1.25 bits per heavy atom. The lowest BCUT2D eigenvalue weighted by Gasteiger charge is -2.42. The summed E-state index contributed by atoms with van der Waals surface area (Å²) in [4.78, 5) is 38.1. The molecule has 1 saturated carbocycles. The Morgan fingerprint density at radius 3 is 2.75 bits per heavy atom. The second-order valence-corrected chi connectivity index (χ2v) is 9.81. The lowest BCUT2D eigenvalue weighted by atomic mass is 9.88. The van der Waals surface area contributed by atoms with E-state index < -0.39 is 0 Å². The van der Waals surface area contributed by atoms with E-state index in [-0.39, 0.29) is 23.6 Å². The van der Waals surface area contributed by atoms with E-state index >= 15 is 0 Å².